The van der Waals surface area contributed by atoms with Crippen molar-refractivity contribution in [2.24, 2.45) is 11.8 Å². The predicted molar refractivity (Wildman–Crippen MR) is 98.1 cm³/mol. The average Bonchev–Trinajstić information content (AvgIpc) is 3.48. The van der Waals surface area contributed by atoms with Crippen LogP contribution in [-0.4, -0.2) is 26.0 Å². The highest BCUT2D eigenvalue weighted by atomic mass is 16.5. The van der Waals surface area contributed by atoms with Crippen molar-refractivity contribution in [2.45, 2.75) is 13.0 Å². The number of benzene rings is 2. The minimum absolute atomic E-state index is 0.115. The Morgan fingerprint density at radius 3 is 2.27 bits per heavy atom. The molecule has 0 saturated heterocycles. The third-order valence-electron chi connectivity index (χ3n) is 4.47. The standard InChI is InChI=1S/C20H22N2O4/c1-25-17-9-5-3-7-13(17)12-21-19(23)14-11-15(14)20(24)22-16-8-4-6-10-18(16)26-2/h3-10,14-15H,11-12H2,1-2H3,(H,21,23)(H,22,24). The first-order valence-electron chi connectivity index (χ1n) is 8.47. The molecule has 1 aliphatic carbocycles. The Hall–Kier alpha value is -3.02. The van der Waals surface area contributed by atoms with E-state index in [1.54, 1.807) is 26.4 Å². The fraction of sp³-hybridized carbons (Fsp3) is 0.300. The Bertz CT molecular complexity index is 806. The maximum atomic E-state index is 12.4. The van der Waals surface area contributed by atoms with E-state index in [-0.39, 0.29) is 23.7 Å². The maximum absolute atomic E-state index is 12.4. The van der Waals surface area contributed by atoms with Gasteiger partial charge in [-0.2, -0.15) is 0 Å². The van der Waals surface area contributed by atoms with Gasteiger partial charge in [-0.05, 0) is 24.6 Å². The number of hydrogen-bond acceptors (Lipinski definition) is 4. The molecule has 0 radical (unpaired) electrons. The molecule has 1 aliphatic rings. The van der Waals surface area contributed by atoms with E-state index in [9.17, 15) is 9.59 Å². The van der Waals surface area contributed by atoms with Gasteiger partial charge in [-0.25, -0.2) is 0 Å². The molecule has 0 heterocycles. The van der Waals surface area contributed by atoms with Crippen LogP contribution in [0.25, 0.3) is 0 Å². The second-order valence-corrected chi connectivity index (χ2v) is 6.17. The van der Waals surface area contributed by atoms with E-state index < -0.39 is 0 Å². The number of carbonyl (C=O) groups is 2. The van der Waals surface area contributed by atoms with Crippen molar-refractivity contribution in [3.8, 4) is 11.5 Å². The van der Waals surface area contributed by atoms with Gasteiger partial charge in [-0.3, -0.25) is 9.59 Å². The first-order chi connectivity index (χ1) is 12.6. The second-order valence-electron chi connectivity index (χ2n) is 6.17. The van der Waals surface area contributed by atoms with Crippen LogP contribution in [0.5, 0.6) is 11.5 Å². The van der Waals surface area contributed by atoms with Crippen LogP contribution in [0.2, 0.25) is 0 Å². The van der Waals surface area contributed by atoms with Gasteiger partial charge in [-0.15, -0.1) is 0 Å². The van der Waals surface area contributed by atoms with Crippen LogP contribution in [-0.2, 0) is 16.1 Å². The lowest BCUT2D eigenvalue weighted by atomic mass is 10.2. The molecule has 0 aromatic heterocycles. The number of anilines is 1. The third-order valence-corrected chi connectivity index (χ3v) is 4.47. The summed E-state index contributed by atoms with van der Waals surface area (Å²) in [5.41, 5.74) is 1.51. The van der Waals surface area contributed by atoms with Gasteiger partial charge in [0.2, 0.25) is 11.8 Å². The number of ether oxygens (including phenoxy) is 2. The van der Waals surface area contributed by atoms with Gasteiger partial charge >= 0.3 is 0 Å². The summed E-state index contributed by atoms with van der Waals surface area (Å²) in [5, 5.41) is 5.72. The van der Waals surface area contributed by atoms with Crippen molar-refractivity contribution in [3.05, 3.63) is 54.1 Å². The van der Waals surface area contributed by atoms with Gasteiger partial charge in [0.15, 0.2) is 0 Å². The van der Waals surface area contributed by atoms with Gasteiger partial charge in [0.05, 0.1) is 31.7 Å². The predicted octanol–water partition coefficient (Wildman–Crippen LogP) is 2.59. The highest BCUT2D eigenvalue weighted by molar-refractivity contribution is 6.00. The van der Waals surface area contributed by atoms with Crippen molar-refractivity contribution in [1.82, 2.24) is 5.32 Å². The fourth-order valence-electron chi connectivity index (χ4n) is 2.91. The molecule has 3 rings (SSSR count). The van der Waals surface area contributed by atoms with Crippen molar-refractivity contribution in [1.29, 1.82) is 0 Å². The lowest BCUT2D eigenvalue weighted by molar-refractivity contribution is -0.125. The normalized spacial score (nSPS) is 17.9. The van der Waals surface area contributed by atoms with E-state index in [0.717, 1.165) is 11.3 Å². The number of nitrogens with one attached hydrogen (secondary N) is 2. The van der Waals surface area contributed by atoms with Crippen molar-refractivity contribution >= 4 is 17.5 Å². The van der Waals surface area contributed by atoms with Crippen LogP contribution >= 0.6 is 0 Å². The average molecular weight is 354 g/mol. The zero-order chi connectivity index (χ0) is 18.5. The Labute approximate surface area is 152 Å². The second kappa shape index (κ2) is 7.91. The van der Waals surface area contributed by atoms with Crippen LogP contribution in [0.1, 0.15) is 12.0 Å². The van der Waals surface area contributed by atoms with Crippen molar-refractivity contribution in [3.63, 3.8) is 0 Å². The lowest BCUT2D eigenvalue weighted by Gasteiger charge is -2.10. The van der Waals surface area contributed by atoms with Crippen LogP contribution in [0, 0.1) is 11.8 Å². The molecule has 6 heteroatoms. The Morgan fingerprint density at radius 2 is 1.54 bits per heavy atom. The molecule has 2 aromatic carbocycles. The molecule has 136 valence electrons. The molecule has 2 amide bonds. The van der Waals surface area contributed by atoms with Gasteiger partial charge in [-0.1, -0.05) is 30.3 Å². The minimum atomic E-state index is -0.308. The number of hydrogen-bond donors (Lipinski definition) is 2. The molecule has 26 heavy (non-hydrogen) atoms. The third kappa shape index (κ3) is 3.96. The highest BCUT2D eigenvalue weighted by Crippen LogP contribution is 2.40. The summed E-state index contributed by atoms with van der Waals surface area (Å²) in [6.45, 7) is 0.375. The molecule has 6 nitrogen and oxygen atoms in total. The molecule has 0 aliphatic heterocycles. The molecule has 2 unspecified atom stereocenters. The minimum Gasteiger partial charge on any atom is -0.496 e. The number of rotatable bonds is 7. The monoisotopic (exact) mass is 354 g/mol. The molecule has 0 spiro atoms. The number of amides is 2. The molecule has 2 N–H and O–H groups in total. The van der Waals surface area contributed by atoms with E-state index in [1.807, 2.05) is 36.4 Å². The summed E-state index contributed by atoms with van der Waals surface area (Å²) in [6.07, 6.45) is 0.554. The van der Waals surface area contributed by atoms with Gasteiger partial charge < -0.3 is 20.1 Å². The van der Waals surface area contributed by atoms with Crippen molar-refractivity contribution in [2.75, 3.05) is 19.5 Å². The Morgan fingerprint density at radius 1 is 0.923 bits per heavy atom. The van der Waals surface area contributed by atoms with Crippen LogP contribution in [0.4, 0.5) is 5.69 Å². The van der Waals surface area contributed by atoms with Gasteiger partial charge in [0.1, 0.15) is 11.5 Å². The zero-order valence-corrected chi connectivity index (χ0v) is 14.8. The molecule has 0 bridgehead atoms. The Kier molecular flexibility index (Phi) is 5.41. The summed E-state index contributed by atoms with van der Waals surface area (Å²) in [5.74, 6) is 0.452. The summed E-state index contributed by atoms with van der Waals surface area (Å²) in [7, 11) is 3.15. The first kappa shape index (κ1) is 17.8. The molecule has 2 atom stereocenters. The van der Waals surface area contributed by atoms with E-state index in [0.29, 0.717) is 24.4 Å². The van der Waals surface area contributed by atoms with E-state index >= 15 is 0 Å². The zero-order valence-electron chi connectivity index (χ0n) is 14.8. The summed E-state index contributed by atoms with van der Waals surface area (Å²) >= 11 is 0. The molecular weight excluding hydrogens is 332 g/mol. The number of carbonyl (C=O) groups excluding carboxylic acids is 2. The molecule has 2 aromatic rings. The van der Waals surface area contributed by atoms with Crippen LogP contribution in [0.15, 0.2) is 48.5 Å². The first-order valence-corrected chi connectivity index (χ1v) is 8.47. The number of methoxy groups -OCH3 is 2. The topological polar surface area (TPSA) is 76.7 Å². The van der Waals surface area contributed by atoms with E-state index in [2.05, 4.69) is 10.6 Å². The smallest absolute Gasteiger partial charge is 0.228 e. The van der Waals surface area contributed by atoms with Crippen LogP contribution in [0.3, 0.4) is 0 Å². The summed E-state index contributed by atoms with van der Waals surface area (Å²) < 4.78 is 10.5. The quantitative estimate of drug-likeness (QED) is 0.801. The van der Waals surface area contributed by atoms with E-state index in [1.165, 1.54) is 0 Å². The largest absolute Gasteiger partial charge is 0.496 e. The van der Waals surface area contributed by atoms with Crippen molar-refractivity contribution < 1.29 is 19.1 Å². The highest BCUT2D eigenvalue weighted by Gasteiger charge is 2.48. The molecular formula is C20H22N2O4. The van der Waals surface area contributed by atoms with E-state index in [4.69, 9.17) is 9.47 Å². The SMILES string of the molecule is COc1ccccc1CNC(=O)C1CC1C(=O)Nc1ccccc1OC. The van der Waals surface area contributed by atoms with Gasteiger partial charge in [0, 0.05) is 12.1 Å². The van der Waals surface area contributed by atoms with Gasteiger partial charge in [0.25, 0.3) is 0 Å². The molecule has 1 saturated carbocycles. The summed E-state index contributed by atoms with van der Waals surface area (Å²) in [4.78, 5) is 24.7. The molecule has 1 fully saturated rings. The number of para-hydroxylation sites is 3. The maximum Gasteiger partial charge on any atom is 0.228 e. The lowest BCUT2D eigenvalue weighted by Crippen LogP contribution is -2.27. The summed E-state index contributed by atoms with van der Waals surface area (Å²) in [6, 6.07) is 14.7. The van der Waals surface area contributed by atoms with Crippen LogP contribution < -0.4 is 20.1 Å². The fourth-order valence-corrected chi connectivity index (χ4v) is 2.91. The Balaban J connectivity index is 1.53.